The van der Waals surface area contributed by atoms with Crippen LogP contribution < -0.4 is 0 Å². The monoisotopic (exact) mass is 202 g/mol. The number of hydrogen-bond donors (Lipinski definition) is 0. The molecule has 2 heterocycles. The Morgan fingerprint density at radius 2 is 2.40 bits per heavy atom. The number of hydrogen-bond acceptors (Lipinski definition) is 2. The SMILES string of the molecule is Cc1ccc2cnn([C@@H]3CCOC3)c2c1. The largest absolute Gasteiger partial charge is 0.379 e. The Balaban J connectivity index is 2.13. The zero-order valence-electron chi connectivity index (χ0n) is 8.81. The number of benzene rings is 1. The third kappa shape index (κ3) is 1.43. The van der Waals surface area contributed by atoms with Crippen LogP contribution in [0.15, 0.2) is 24.4 Å². The molecule has 0 bridgehead atoms. The van der Waals surface area contributed by atoms with Gasteiger partial charge in [0.1, 0.15) is 0 Å². The van der Waals surface area contributed by atoms with Gasteiger partial charge in [0.05, 0.1) is 24.4 Å². The third-order valence-corrected chi connectivity index (χ3v) is 3.01. The molecule has 1 saturated heterocycles. The first kappa shape index (κ1) is 8.92. The molecule has 0 saturated carbocycles. The van der Waals surface area contributed by atoms with Crippen LogP contribution in [0.1, 0.15) is 18.0 Å². The molecular weight excluding hydrogens is 188 g/mol. The van der Waals surface area contributed by atoms with Gasteiger partial charge in [-0.1, -0.05) is 12.1 Å². The van der Waals surface area contributed by atoms with Crippen LogP contribution >= 0.6 is 0 Å². The molecule has 1 aliphatic heterocycles. The molecule has 0 unspecified atom stereocenters. The molecule has 3 nitrogen and oxygen atoms in total. The van der Waals surface area contributed by atoms with Gasteiger partial charge in [0.15, 0.2) is 0 Å². The van der Waals surface area contributed by atoms with Gasteiger partial charge in [0, 0.05) is 12.0 Å². The van der Waals surface area contributed by atoms with Gasteiger partial charge in [-0.05, 0) is 25.0 Å². The number of nitrogens with zero attached hydrogens (tertiary/aromatic N) is 2. The molecule has 0 amide bonds. The van der Waals surface area contributed by atoms with Crippen LogP contribution in [0.4, 0.5) is 0 Å². The summed E-state index contributed by atoms with van der Waals surface area (Å²) in [6.07, 6.45) is 3.01. The van der Waals surface area contributed by atoms with E-state index in [0.717, 1.165) is 19.6 Å². The van der Waals surface area contributed by atoms with Crippen molar-refractivity contribution in [1.29, 1.82) is 0 Å². The van der Waals surface area contributed by atoms with Gasteiger partial charge in [-0.25, -0.2) is 0 Å². The van der Waals surface area contributed by atoms with Crippen LogP contribution in [0.5, 0.6) is 0 Å². The van der Waals surface area contributed by atoms with Gasteiger partial charge in [-0.15, -0.1) is 0 Å². The van der Waals surface area contributed by atoms with Crippen LogP contribution in [0.2, 0.25) is 0 Å². The van der Waals surface area contributed by atoms with Crippen molar-refractivity contribution in [2.75, 3.05) is 13.2 Å². The molecule has 3 rings (SSSR count). The fourth-order valence-electron chi connectivity index (χ4n) is 2.15. The lowest BCUT2D eigenvalue weighted by atomic mass is 10.2. The highest BCUT2D eigenvalue weighted by molar-refractivity contribution is 5.79. The fraction of sp³-hybridized carbons (Fsp3) is 0.417. The average molecular weight is 202 g/mol. The number of ether oxygens (including phenoxy) is 1. The fourth-order valence-corrected chi connectivity index (χ4v) is 2.15. The second-order valence-corrected chi connectivity index (χ2v) is 4.17. The first-order valence-corrected chi connectivity index (χ1v) is 5.36. The van der Waals surface area contributed by atoms with Crippen molar-refractivity contribution in [3.63, 3.8) is 0 Å². The van der Waals surface area contributed by atoms with Crippen molar-refractivity contribution in [3.05, 3.63) is 30.0 Å². The van der Waals surface area contributed by atoms with Crippen LogP contribution in [-0.2, 0) is 4.74 Å². The summed E-state index contributed by atoms with van der Waals surface area (Å²) in [7, 11) is 0. The molecule has 2 aromatic rings. The predicted molar refractivity (Wildman–Crippen MR) is 58.9 cm³/mol. The number of fused-ring (bicyclic) bond motifs is 1. The van der Waals surface area contributed by atoms with Gasteiger partial charge in [-0.2, -0.15) is 5.10 Å². The summed E-state index contributed by atoms with van der Waals surface area (Å²) in [6.45, 7) is 3.77. The van der Waals surface area contributed by atoms with E-state index in [9.17, 15) is 0 Å². The van der Waals surface area contributed by atoms with Crippen molar-refractivity contribution in [1.82, 2.24) is 9.78 Å². The zero-order chi connectivity index (χ0) is 10.3. The molecule has 15 heavy (non-hydrogen) atoms. The molecule has 78 valence electrons. The summed E-state index contributed by atoms with van der Waals surface area (Å²) < 4.78 is 7.51. The minimum absolute atomic E-state index is 0.421. The quantitative estimate of drug-likeness (QED) is 0.709. The predicted octanol–water partition coefficient (Wildman–Crippen LogP) is 2.31. The average Bonchev–Trinajstić information content (AvgIpc) is 2.83. The number of aryl methyl sites for hydroxylation is 1. The second kappa shape index (κ2) is 3.35. The molecule has 3 heteroatoms. The van der Waals surface area contributed by atoms with Gasteiger partial charge in [-0.3, -0.25) is 4.68 Å². The van der Waals surface area contributed by atoms with E-state index >= 15 is 0 Å². The van der Waals surface area contributed by atoms with Gasteiger partial charge in [0.25, 0.3) is 0 Å². The summed E-state index contributed by atoms with van der Waals surface area (Å²) in [4.78, 5) is 0. The Morgan fingerprint density at radius 1 is 1.47 bits per heavy atom. The Labute approximate surface area is 88.7 Å². The van der Waals surface area contributed by atoms with Gasteiger partial charge >= 0.3 is 0 Å². The highest BCUT2D eigenvalue weighted by atomic mass is 16.5. The summed E-state index contributed by atoms with van der Waals surface area (Å²) in [6, 6.07) is 6.87. The molecule has 0 N–H and O–H groups in total. The molecule has 1 fully saturated rings. The molecule has 1 aliphatic rings. The first-order valence-electron chi connectivity index (χ1n) is 5.36. The maximum absolute atomic E-state index is 5.40. The first-order chi connectivity index (χ1) is 7.34. The van der Waals surface area contributed by atoms with E-state index in [0.29, 0.717) is 6.04 Å². The Bertz CT molecular complexity index is 483. The molecule has 0 spiro atoms. The minimum Gasteiger partial charge on any atom is -0.379 e. The van der Waals surface area contributed by atoms with Crippen molar-refractivity contribution < 1.29 is 4.74 Å². The van der Waals surface area contributed by atoms with E-state index in [-0.39, 0.29) is 0 Å². The van der Waals surface area contributed by atoms with E-state index in [2.05, 4.69) is 34.9 Å². The molecule has 1 atom stereocenters. The van der Waals surface area contributed by atoms with E-state index in [1.54, 1.807) is 0 Å². The van der Waals surface area contributed by atoms with E-state index in [4.69, 9.17) is 4.74 Å². The summed E-state index contributed by atoms with van der Waals surface area (Å²) in [5.41, 5.74) is 2.51. The van der Waals surface area contributed by atoms with E-state index in [1.807, 2.05) is 6.20 Å². The minimum atomic E-state index is 0.421. The lowest BCUT2D eigenvalue weighted by Crippen LogP contribution is -2.09. The Kier molecular flexibility index (Phi) is 1.99. The maximum atomic E-state index is 5.40. The highest BCUT2D eigenvalue weighted by Crippen LogP contribution is 2.24. The number of rotatable bonds is 1. The van der Waals surface area contributed by atoms with Crippen molar-refractivity contribution in [2.45, 2.75) is 19.4 Å². The Morgan fingerprint density at radius 3 is 3.20 bits per heavy atom. The van der Waals surface area contributed by atoms with Crippen LogP contribution in [0.3, 0.4) is 0 Å². The second-order valence-electron chi connectivity index (χ2n) is 4.17. The highest BCUT2D eigenvalue weighted by Gasteiger charge is 2.19. The van der Waals surface area contributed by atoms with Gasteiger partial charge in [0.2, 0.25) is 0 Å². The molecule has 0 aliphatic carbocycles. The summed E-state index contributed by atoms with van der Waals surface area (Å²) >= 11 is 0. The van der Waals surface area contributed by atoms with Crippen molar-refractivity contribution in [3.8, 4) is 0 Å². The topological polar surface area (TPSA) is 27.1 Å². The molecule has 1 aromatic heterocycles. The Hall–Kier alpha value is -1.35. The smallest absolute Gasteiger partial charge is 0.0781 e. The normalized spacial score (nSPS) is 21.3. The van der Waals surface area contributed by atoms with Crippen LogP contribution in [0, 0.1) is 6.92 Å². The molecular formula is C12H14N2O. The van der Waals surface area contributed by atoms with Gasteiger partial charge < -0.3 is 4.74 Å². The molecule has 0 radical (unpaired) electrons. The van der Waals surface area contributed by atoms with Crippen molar-refractivity contribution in [2.24, 2.45) is 0 Å². The van der Waals surface area contributed by atoms with Crippen LogP contribution in [0.25, 0.3) is 10.9 Å². The standard InChI is InChI=1S/C12H14N2O/c1-9-2-3-10-7-13-14(12(10)6-9)11-4-5-15-8-11/h2-3,6-7,11H,4-5,8H2,1H3/t11-/m1/s1. The zero-order valence-corrected chi connectivity index (χ0v) is 8.81. The van der Waals surface area contributed by atoms with Crippen LogP contribution in [-0.4, -0.2) is 23.0 Å². The summed E-state index contributed by atoms with van der Waals surface area (Å²) in [5, 5.41) is 5.67. The third-order valence-electron chi connectivity index (χ3n) is 3.01. The lowest BCUT2D eigenvalue weighted by molar-refractivity contribution is 0.185. The lowest BCUT2D eigenvalue weighted by Gasteiger charge is -2.09. The molecule has 1 aromatic carbocycles. The van der Waals surface area contributed by atoms with E-state index in [1.165, 1.54) is 16.5 Å². The summed E-state index contributed by atoms with van der Waals surface area (Å²) in [5.74, 6) is 0. The van der Waals surface area contributed by atoms with Crippen molar-refractivity contribution >= 4 is 10.9 Å². The maximum Gasteiger partial charge on any atom is 0.0781 e. The number of aromatic nitrogens is 2. The van der Waals surface area contributed by atoms with E-state index < -0.39 is 0 Å².